The number of aromatic nitrogens is 1. The molecular formula is C16H21FN4O4S. The molecule has 2 amide bonds. The van der Waals surface area contributed by atoms with Gasteiger partial charge in [-0.25, -0.2) is 9.18 Å². The van der Waals surface area contributed by atoms with Gasteiger partial charge in [0.25, 0.3) is 10.1 Å². The van der Waals surface area contributed by atoms with Crippen molar-refractivity contribution in [1.29, 1.82) is 0 Å². The molecule has 1 aromatic carbocycles. The van der Waals surface area contributed by atoms with Crippen molar-refractivity contribution in [2.24, 2.45) is 0 Å². The van der Waals surface area contributed by atoms with E-state index in [1.165, 1.54) is 25.3 Å². The molecule has 1 heterocycles. The maximum atomic E-state index is 13.4. The van der Waals surface area contributed by atoms with Crippen LogP contribution in [0.4, 0.5) is 20.6 Å². The van der Waals surface area contributed by atoms with Crippen LogP contribution in [0.2, 0.25) is 0 Å². The highest BCUT2D eigenvalue weighted by molar-refractivity contribution is 7.85. The van der Waals surface area contributed by atoms with Crippen LogP contribution in [0.25, 0.3) is 0 Å². The first-order valence-electron chi connectivity index (χ1n) is 7.60. The van der Waals surface area contributed by atoms with E-state index in [2.05, 4.69) is 20.9 Å². The molecule has 0 bridgehead atoms. The van der Waals surface area contributed by atoms with E-state index in [0.717, 1.165) is 5.56 Å². The van der Waals surface area contributed by atoms with Gasteiger partial charge >= 0.3 is 6.03 Å². The van der Waals surface area contributed by atoms with E-state index >= 15 is 0 Å². The van der Waals surface area contributed by atoms with Crippen molar-refractivity contribution in [3.05, 3.63) is 54.1 Å². The van der Waals surface area contributed by atoms with Crippen LogP contribution in [-0.4, -0.2) is 36.8 Å². The van der Waals surface area contributed by atoms with Crippen molar-refractivity contribution in [2.45, 2.75) is 13.5 Å². The van der Waals surface area contributed by atoms with Crippen molar-refractivity contribution in [3.63, 3.8) is 0 Å². The van der Waals surface area contributed by atoms with Gasteiger partial charge in [-0.3, -0.25) is 9.54 Å². The third kappa shape index (κ3) is 9.06. The van der Waals surface area contributed by atoms with Gasteiger partial charge in [-0.15, -0.1) is 0 Å². The van der Waals surface area contributed by atoms with Gasteiger partial charge in [-0.05, 0) is 49.9 Å². The highest BCUT2D eigenvalue weighted by Crippen LogP contribution is 2.14. The molecule has 26 heavy (non-hydrogen) atoms. The molecule has 10 heteroatoms. The van der Waals surface area contributed by atoms with E-state index < -0.39 is 22.0 Å². The molecule has 0 radical (unpaired) electrons. The normalized spacial score (nSPS) is 10.5. The lowest BCUT2D eigenvalue weighted by Crippen LogP contribution is -2.19. The van der Waals surface area contributed by atoms with Crippen molar-refractivity contribution in [3.8, 4) is 0 Å². The fraction of sp³-hybridized carbons (Fsp3) is 0.250. The van der Waals surface area contributed by atoms with Gasteiger partial charge < -0.3 is 16.0 Å². The Bertz CT molecular complexity index is 816. The molecule has 2 aromatic rings. The minimum Gasteiger partial charge on any atom is -0.316 e. The summed E-state index contributed by atoms with van der Waals surface area (Å²) in [6.07, 6.45) is 3.14. The molecule has 1 aromatic heterocycles. The number of benzene rings is 1. The standard InChI is InChI=1S/C14H15FN4O.C2H6O3S/c1-16-8-10-5-11(15)7-13(6-10)19-14(20)18-12-3-2-4-17-9-12;1-2-6(3,4)5/h2-7,9,16H,8H2,1H3,(H2,18,19,20);2H2,1H3,(H,3,4,5). The van der Waals surface area contributed by atoms with Crippen molar-refractivity contribution in [2.75, 3.05) is 23.4 Å². The Hall–Kier alpha value is -2.56. The molecule has 142 valence electrons. The summed E-state index contributed by atoms with van der Waals surface area (Å²) in [5.41, 5.74) is 1.72. The van der Waals surface area contributed by atoms with Crippen LogP contribution in [0, 0.1) is 5.82 Å². The number of anilines is 2. The number of halogens is 1. The number of pyridine rings is 1. The van der Waals surface area contributed by atoms with Crippen LogP contribution in [0.1, 0.15) is 12.5 Å². The molecule has 8 nitrogen and oxygen atoms in total. The molecule has 4 N–H and O–H groups in total. The average molecular weight is 384 g/mol. The zero-order valence-electron chi connectivity index (χ0n) is 14.4. The van der Waals surface area contributed by atoms with Gasteiger partial charge in [-0.1, -0.05) is 0 Å². The predicted molar refractivity (Wildman–Crippen MR) is 98.1 cm³/mol. The second-order valence-electron chi connectivity index (χ2n) is 5.07. The van der Waals surface area contributed by atoms with Crippen LogP contribution in [-0.2, 0) is 16.7 Å². The lowest BCUT2D eigenvalue weighted by molar-refractivity contribution is 0.262. The summed E-state index contributed by atoms with van der Waals surface area (Å²) < 4.78 is 40.3. The number of nitrogens with one attached hydrogen (secondary N) is 3. The molecule has 0 spiro atoms. The Morgan fingerprint density at radius 3 is 2.42 bits per heavy atom. The number of carbonyl (C=O) groups excluding carboxylic acids is 1. The van der Waals surface area contributed by atoms with E-state index in [0.29, 0.717) is 17.9 Å². The van der Waals surface area contributed by atoms with Crippen molar-refractivity contribution < 1.29 is 22.2 Å². The Morgan fingerprint density at radius 1 is 1.23 bits per heavy atom. The molecule has 0 aliphatic carbocycles. The Labute approximate surface area is 151 Å². The first kappa shape index (κ1) is 21.5. The largest absolute Gasteiger partial charge is 0.323 e. The summed E-state index contributed by atoms with van der Waals surface area (Å²) in [4.78, 5) is 15.7. The molecule has 0 atom stereocenters. The van der Waals surface area contributed by atoms with Gasteiger partial charge in [0.1, 0.15) is 5.82 Å². The first-order valence-corrected chi connectivity index (χ1v) is 9.21. The topological polar surface area (TPSA) is 120 Å². The van der Waals surface area contributed by atoms with Gasteiger partial charge in [0.2, 0.25) is 0 Å². The fourth-order valence-corrected chi connectivity index (χ4v) is 1.76. The molecule has 2 rings (SSSR count). The maximum absolute atomic E-state index is 13.4. The Kier molecular flexibility index (Phi) is 8.62. The minimum atomic E-state index is -3.66. The third-order valence-electron chi connectivity index (χ3n) is 2.88. The number of hydrogen-bond donors (Lipinski definition) is 4. The summed E-state index contributed by atoms with van der Waals surface area (Å²) in [5.74, 6) is -0.595. The lowest BCUT2D eigenvalue weighted by Gasteiger charge is -2.09. The number of amides is 2. The lowest BCUT2D eigenvalue weighted by atomic mass is 10.2. The van der Waals surface area contributed by atoms with Gasteiger partial charge in [-0.2, -0.15) is 8.42 Å². The summed E-state index contributed by atoms with van der Waals surface area (Å²) in [6, 6.07) is 7.37. The smallest absolute Gasteiger partial charge is 0.316 e. The van der Waals surface area contributed by atoms with E-state index in [9.17, 15) is 17.6 Å². The maximum Gasteiger partial charge on any atom is 0.323 e. The van der Waals surface area contributed by atoms with Gasteiger partial charge in [0.15, 0.2) is 0 Å². The van der Waals surface area contributed by atoms with Gasteiger partial charge in [0, 0.05) is 18.4 Å². The van der Waals surface area contributed by atoms with Crippen LogP contribution in [0.5, 0.6) is 0 Å². The molecular weight excluding hydrogens is 363 g/mol. The highest BCUT2D eigenvalue weighted by atomic mass is 32.2. The number of urea groups is 1. The SMILES string of the molecule is CCS(=O)(=O)O.CNCc1cc(F)cc(NC(=O)Nc2cccnc2)c1. The predicted octanol–water partition coefficient (Wildman–Crippen LogP) is 2.48. The number of carbonyl (C=O) groups is 1. The monoisotopic (exact) mass is 384 g/mol. The summed E-state index contributed by atoms with van der Waals surface area (Å²) in [7, 11) is -1.89. The average Bonchev–Trinajstić information content (AvgIpc) is 2.55. The quantitative estimate of drug-likeness (QED) is 0.588. The van der Waals surface area contributed by atoms with Gasteiger partial charge in [0.05, 0.1) is 17.6 Å². The number of hydrogen-bond acceptors (Lipinski definition) is 5. The third-order valence-corrected chi connectivity index (χ3v) is 3.61. The first-order chi connectivity index (χ1) is 12.2. The molecule has 0 aliphatic heterocycles. The van der Waals surface area contributed by atoms with Crippen molar-refractivity contribution in [1.82, 2.24) is 10.3 Å². The van der Waals surface area contributed by atoms with E-state index in [1.807, 2.05) is 0 Å². The summed E-state index contributed by atoms with van der Waals surface area (Å²) in [5, 5.41) is 8.12. The van der Waals surface area contributed by atoms with Crippen LogP contribution < -0.4 is 16.0 Å². The second-order valence-corrected chi connectivity index (χ2v) is 6.81. The van der Waals surface area contributed by atoms with Crippen LogP contribution >= 0.6 is 0 Å². The Balaban J connectivity index is 0.000000487. The molecule has 0 aliphatic rings. The highest BCUT2D eigenvalue weighted by Gasteiger charge is 2.05. The zero-order valence-corrected chi connectivity index (χ0v) is 15.2. The zero-order chi connectivity index (χ0) is 19.6. The minimum absolute atomic E-state index is 0.201. The fourth-order valence-electron chi connectivity index (χ4n) is 1.76. The Morgan fingerprint density at radius 2 is 1.88 bits per heavy atom. The number of nitrogens with zero attached hydrogens (tertiary/aromatic N) is 1. The van der Waals surface area contributed by atoms with E-state index in [-0.39, 0.29) is 5.75 Å². The molecule has 0 unspecified atom stereocenters. The van der Waals surface area contributed by atoms with E-state index in [1.54, 1.807) is 31.4 Å². The summed E-state index contributed by atoms with van der Waals surface area (Å²) in [6.45, 7) is 1.89. The molecule has 0 saturated heterocycles. The van der Waals surface area contributed by atoms with Crippen LogP contribution in [0.15, 0.2) is 42.7 Å². The van der Waals surface area contributed by atoms with Crippen molar-refractivity contribution >= 4 is 27.5 Å². The second kappa shape index (κ2) is 10.4. The summed E-state index contributed by atoms with van der Waals surface area (Å²) >= 11 is 0. The van der Waals surface area contributed by atoms with Crippen LogP contribution in [0.3, 0.4) is 0 Å². The molecule has 0 fully saturated rings. The molecule has 0 saturated carbocycles. The van der Waals surface area contributed by atoms with E-state index in [4.69, 9.17) is 4.55 Å². The number of rotatable bonds is 5.